The van der Waals surface area contributed by atoms with Gasteiger partial charge in [0.05, 0.1) is 5.56 Å². The van der Waals surface area contributed by atoms with E-state index < -0.39 is 12.1 Å². The molecule has 25 heavy (non-hydrogen) atoms. The molecule has 3 rings (SSSR count). The number of hydrogen-bond donors (Lipinski definition) is 0. The molecule has 6 heteroatoms. The number of amides is 1. The number of pyridine rings is 1. The van der Waals surface area contributed by atoms with Crippen LogP contribution in [0.15, 0.2) is 42.7 Å². The van der Waals surface area contributed by atoms with Crippen LogP contribution in [0.1, 0.15) is 40.1 Å². The van der Waals surface area contributed by atoms with Crippen LogP contribution in [0.2, 0.25) is 0 Å². The molecule has 1 atom stereocenters. The zero-order valence-corrected chi connectivity index (χ0v) is 14.1. The van der Waals surface area contributed by atoms with E-state index in [0.717, 1.165) is 11.3 Å². The molecule has 0 saturated carbocycles. The second kappa shape index (κ2) is 6.84. The maximum Gasteiger partial charge on any atom is 0.340 e. The van der Waals surface area contributed by atoms with E-state index in [1.54, 1.807) is 48.4 Å². The van der Waals surface area contributed by atoms with Gasteiger partial charge in [-0.3, -0.25) is 14.6 Å². The Bertz CT molecular complexity index is 833. The predicted octanol–water partition coefficient (Wildman–Crippen LogP) is 2.42. The Kier molecular flexibility index (Phi) is 4.61. The quantitative estimate of drug-likeness (QED) is 0.632. The van der Waals surface area contributed by atoms with Gasteiger partial charge in [-0.15, -0.1) is 0 Å². The zero-order chi connectivity index (χ0) is 18.0. The predicted molar refractivity (Wildman–Crippen MR) is 91.6 cm³/mol. The molecule has 1 aliphatic heterocycles. The number of carbonyl (C=O) groups is 3. The molecule has 128 valence electrons. The molecule has 0 N–H and O–H groups in total. The van der Waals surface area contributed by atoms with Gasteiger partial charge in [-0.25, -0.2) is 4.79 Å². The van der Waals surface area contributed by atoms with Gasteiger partial charge in [-0.2, -0.15) is 0 Å². The largest absolute Gasteiger partial charge is 0.451 e. The van der Waals surface area contributed by atoms with Crippen molar-refractivity contribution in [3.05, 3.63) is 59.4 Å². The highest BCUT2D eigenvalue weighted by molar-refractivity contribution is 6.02. The third-order valence-corrected chi connectivity index (χ3v) is 4.19. The molecule has 0 spiro atoms. The smallest absolute Gasteiger partial charge is 0.340 e. The number of aromatic nitrogens is 1. The van der Waals surface area contributed by atoms with Gasteiger partial charge in [-0.05, 0) is 49.2 Å². The molecule has 0 unspecified atom stereocenters. The first-order chi connectivity index (χ1) is 12.0. The summed E-state index contributed by atoms with van der Waals surface area (Å²) in [6.45, 7) is 3.69. The summed E-state index contributed by atoms with van der Waals surface area (Å²) in [6, 6.07) is 8.42. The second-order valence-corrected chi connectivity index (χ2v) is 5.92. The SMILES string of the molecule is CC(=O)N1CCc2cc(C(=O)[C@@H](C)OC(=O)c3cccnc3)ccc21. The summed E-state index contributed by atoms with van der Waals surface area (Å²) in [4.78, 5) is 41.7. The average molecular weight is 338 g/mol. The first-order valence-corrected chi connectivity index (χ1v) is 8.03. The fourth-order valence-electron chi connectivity index (χ4n) is 2.88. The molecule has 1 aromatic heterocycles. The summed E-state index contributed by atoms with van der Waals surface area (Å²) in [5.41, 5.74) is 2.56. The van der Waals surface area contributed by atoms with Crippen molar-refractivity contribution in [1.82, 2.24) is 4.98 Å². The van der Waals surface area contributed by atoms with E-state index in [2.05, 4.69) is 4.98 Å². The van der Waals surface area contributed by atoms with Gasteiger partial charge >= 0.3 is 5.97 Å². The van der Waals surface area contributed by atoms with Gasteiger partial charge in [-0.1, -0.05) is 0 Å². The Morgan fingerprint density at radius 1 is 1.20 bits per heavy atom. The van der Waals surface area contributed by atoms with E-state index in [4.69, 9.17) is 4.74 Å². The van der Waals surface area contributed by atoms with Crippen LogP contribution in [-0.2, 0) is 16.0 Å². The molecule has 0 saturated heterocycles. The fraction of sp³-hybridized carbons (Fsp3) is 0.263. The number of carbonyl (C=O) groups excluding carboxylic acids is 3. The van der Waals surface area contributed by atoms with E-state index in [-0.39, 0.29) is 11.7 Å². The third kappa shape index (κ3) is 3.42. The van der Waals surface area contributed by atoms with Gasteiger partial charge in [0.2, 0.25) is 11.7 Å². The summed E-state index contributed by atoms with van der Waals surface area (Å²) in [6.07, 6.45) is 2.75. The summed E-state index contributed by atoms with van der Waals surface area (Å²) < 4.78 is 5.24. The summed E-state index contributed by atoms with van der Waals surface area (Å²) in [7, 11) is 0. The number of hydrogen-bond acceptors (Lipinski definition) is 5. The monoisotopic (exact) mass is 338 g/mol. The number of benzene rings is 1. The highest BCUT2D eigenvalue weighted by Crippen LogP contribution is 2.29. The number of esters is 1. The van der Waals surface area contributed by atoms with Crippen LogP contribution >= 0.6 is 0 Å². The summed E-state index contributed by atoms with van der Waals surface area (Å²) in [5, 5.41) is 0. The van der Waals surface area contributed by atoms with Crippen molar-refractivity contribution < 1.29 is 19.1 Å². The Balaban J connectivity index is 1.73. The Morgan fingerprint density at radius 3 is 2.68 bits per heavy atom. The fourth-order valence-corrected chi connectivity index (χ4v) is 2.88. The van der Waals surface area contributed by atoms with E-state index in [9.17, 15) is 14.4 Å². The van der Waals surface area contributed by atoms with Crippen LogP contribution in [0.4, 0.5) is 5.69 Å². The van der Waals surface area contributed by atoms with Crippen LogP contribution in [-0.4, -0.2) is 35.3 Å². The maximum atomic E-state index is 12.6. The van der Waals surface area contributed by atoms with Crippen molar-refractivity contribution in [3.8, 4) is 0 Å². The number of ketones is 1. The van der Waals surface area contributed by atoms with Crippen molar-refractivity contribution in [1.29, 1.82) is 0 Å². The topological polar surface area (TPSA) is 76.6 Å². The number of anilines is 1. The summed E-state index contributed by atoms with van der Waals surface area (Å²) >= 11 is 0. The first kappa shape index (κ1) is 16.8. The molecule has 0 radical (unpaired) electrons. The van der Waals surface area contributed by atoms with Crippen LogP contribution in [0.5, 0.6) is 0 Å². The van der Waals surface area contributed by atoms with Crippen LogP contribution in [0.3, 0.4) is 0 Å². The lowest BCUT2D eigenvalue weighted by molar-refractivity contribution is -0.116. The maximum absolute atomic E-state index is 12.6. The van der Waals surface area contributed by atoms with E-state index >= 15 is 0 Å². The highest BCUT2D eigenvalue weighted by Gasteiger charge is 2.25. The average Bonchev–Trinajstić information content (AvgIpc) is 3.05. The number of Topliss-reactive ketones (excluding diaryl/α,β-unsaturated/α-hetero) is 1. The lowest BCUT2D eigenvalue weighted by atomic mass is 10.0. The van der Waals surface area contributed by atoms with Crippen molar-refractivity contribution >= 4 is 23.3 Å². The number of fused-ring (bicyclic) bond motifs is 1. The normalized spacial score (nSPS) is 13.9. The Labute approximate surface area is 145 Å². The van der Waals surface area contributed by atoms with E-state index in [1.165, 1.54) is 13.1 Å². The number of rotatable bonds is 4. The summed E-state index contributed by atoms with van der Waals surface area (Å²) in [5.74, 6) is -0.879. The minimum atomic E-state index is -0.906. The molecule has 0 aliphatic carbocycles. The minimum absolute atomic E-state index is 0.0170. The molecule has 2 aromatic rings. The van der Waals surface area contributed by atoms with E-state index in [1.807, 2.05) is 0 Å². The molecule has 0 fully saturated rings. The minimum Gasteiger partial charge on any atom is -0.451 e. The number of ether oxygens (including phenoxy) is 1. The van der Waals surface area contributed by atoms with Crippen LogP contribution < -0.4 is 4.90 Å². The van der Waals surface area contributed by atoms with Gasteiger partial charge < -0.3 is 9.64 Å². The molecular formula is C19H18N2O4. The second-order valence-electron chi connectivity index (χ2n) is 5.92. The van der Waals surface area contributed by atoms with Crippen molar-refractivity contribution in [2.24, 2.45) is 0 Å². The van der Waals surface area contributed by atoms with Gasteiger partial charge in [0, 0.05) is 37.1 Å². The number of nitrogens with zero attached hydrogens (tertiary/aromatic N) is 2. The van der Waals surface area contributed by atoms with Crippen molar-refractivity contribution in [3.63, 3.8) is 0 Å². The first-order valence-electron chi connectivity index (χ1n) is 8.03. The molecule has 0 bridgehead atoms. The molecule has 1 aromatic carbocycles. The van der Waals surface area contributed by atoms with Gasteiger partial charge in [0.25, 0.3) is 0 Å². The molecule has 1 amide bonds. The van der Waals surface area contributed by atoms with Crippen LogP contribution in [0.25, 0.3) is 0 Å². The van der Waals surface area contributed by atoms with Gasteiger partial charge in [0.15, 0.2) is 6.10 Å². The lowest BCUT2D eigenvalue weighted by Gasteiger charge is -2.16. The van der Waals surface area contributed by atoms with Crippen molar-refractivity contribution in [2.75, 3.05) is 11.4 Å². The third-order valence-electron chi connectivity index (χ3n) is 4.19. The van der Waals surface area contributed by atoms with Crippen LogP contribution in [0, 0.1) is 0 Å². The van der Waals surface area contributed by atoms with Crippen molar-refractivity contribution in [2.45, 2.75) is 26.4 Å². The molecule has 2 heterocycles. The molecule has 6 nitrogen and oxygen atoms in total. The zero-order valence-electron chi connectivity index (χ0n) is 14.1. The molecule has 1 aliphatic rings. The molecular weight excluding hydrogens is 320 g/mol. The lowest BCUT2D eigenvalue weighted by Crippen LogP contribution is -2.26. The van der Waals surface area contributed by atoms with Gasteiger partial charge in [0.1, 0.15) is 0 Å². The van der Waals surface area contributed by atoms with E-state index in [0.29, 0.717) is 24.1 Å². The Morgan fingerprint density at radius 2 is 2.00 bits per heavy atom. The Hall–Kier alpha value is -3.02. The standard InChI is InChI=1S/C19H18N2O4/c1-12(25-19(24)16-4-3-8-20-11-16)18(23)15-5-6-17-14(10-15)7-9-21(17)13(2)22/h3-6,8,10-12H,7,9H2,1-2H3/t12-/m1/s1. The highest BCUT2D eigenvalue weighted by atomic mass is 16.5.